The Labute approximate surface area is 147 Å². The van der Waals surface area contributed by atoms with Gasteiger partial charge in [-0.1, -0.05) is 66.7 Å². The van der Waals surface area contributed by atoms with Crippen LogP contribution in [0.4, 0.5) is 0 Å². The molecule has 0 saturated heterocycles. The maximum Gasteiger partial charge on any atom is 0.231 e. The lowest BCUT2D eigenvalue weighted by atomic mass is 10.0. The third-order valence-electron chi connectivity index (χ3n) is 4.26. The van der Waals surface area contributed by atoms with Crippen molar-refractivity contribution in [3.63, 3.8) is 0 Å². The highest BCUT2D eigenvalue weighted by Crippen LogP contribution is 2.20. The van der Waals surface area contributed by atoms with Gasteiger partial charge in [0.1, 0.15) is 0 Å². The van der Waals surface area contributed by atoms with Crippen LogP contribution in [0.15, 0.2) is 59.1 Å². The molecule has 0 amide bonds. The Bertz CT molecular complexity index is 801. The van der Waals surface area contributed by atoms with Gasteiger partial charge in [-0.2, -0.15) is 4.98 Å². The molecular weight excluding hydrogens is 314 g/mol. The van der Waals surface area contributed by atoms with Crippen molar-refractivity contribution < 1.29 is 9.63 Å². The number of nitrogens with one attached hydrogen (secondary N) is 1. The lowest BCUT2D eigenvalue weighted by Crippen LogP contribution is -2.23. The van der Waals surface area contributed by atoms with E-state index in [-0.39, 0.29) is 18.6 Å². The number of aromatic nitrogens is 2. The first-order valence-electron chi connectivity index (χ1n) is 8.49. The molecular formula is C20H23N3O2. The van der Waals surface area contributed by atoms with Gasteiger partial charge in [0, 0.05) is 24.1 Å². The van der Waals surface area contributed by atoms with Crippen LogP contribution in [0.5, 0.6) is 0 Å². The largest absolute Gasteiger partial charge is 0.392 e. The van der Waals surface area contributed by atoms with Crippen molar-refractivity contribution >= 4 is 0 Å². The zero-order valence-corrected chi connectivity index (χ0v) is 14.5. The van der Waals surface area contributed by atoms with Crippen molar-refractivity contribution in [2.24, 2.45) is 0 Å². The topological polar surface area (TPSA) is 71.2 Å². The fourth-order valence-electron chi connectivity index (χ4n) is 2.66. The van der Waals surface area contributed by atoms with Gasteiger partial charge in [-0.25, -0.2) is 0 Å². The second kappa shape index (κ2) is 8.05. The summed E-state index contributed by atoms with van der Waals surface area (Å²) in [6.45, 7) is 4.95. The molecule has 0 bridgehead atoms. The molecule has 2 aromatic carbocycles. The molecule has 5 nitrogen and oxygen atoms in total. The summed E-state index contributed by atoms with van der Waals surface area (Å²) in [5.41, 5.74) is 3.02. The van der Waals surface area contributed by atoms with Crippen LogP contribution in [0.25, 0.3) is 11.4 Å². The van der Waals surface area contributed by atoms with Crippen molar-refractivity contribution in [2.75, 3.05) is 6.54 Å². The molecule has 1 heterocycles. The van der Waals surface area contributed by atoms with Gasteiger partial charge in [0.05, 0.1) is 6.61 Å². The summed E-state index contributed by atoms with van der Waals surface area (Å²) in [6, 6.07) is 17.9. The maximum absolute atomic E-state index is 9.26. The van der Waals surface area contributed by atoms with Gasteiger partial charge >= 0.3 is 0 Å². The summed E-state index contributed by atoms with van der Waals surface area (Å²) < 4.78 is 5.42. The molecule has 0 spiro atoms. The molecule has 130 valence electrons. The second-order valence-corrected chi connectivity index (χ2v) is 6.26. The van der Waals surface area contributed by atoms with Gasteiger partial charge in [-0.05, 0) is 18.1 Å². The van der Waals surface area contributed by atoms with Crippen LogP contribution in [0.3, 0.4) is 0 Å². The predicted octanol–water partition coefficient (Wildman–Crippen LogP) is 3.68. The molecule has 2 N–H and O–H groups in total. The Balaban J connectivity index is 1.61. The molecule has 0 saturated carbocycles. The number of nitrogens with zero attached hydrogens (tertiary/aromatic N) is 2. The molecule has 2 atom stereocenters. The standard InChI is InChI=1S/C20H23N3O2/c1-14(12-21-15(2)18-10-6-7-16(11-18)13-24)20-22-19(23-25-20)17-8-4-3-5-9-17/h3-11,14-15,21,24H,12-13H2,1-2H3. The molecule has 1 aromatic heterocycles. The first-order chi connectivity index (χ1) is 12.2. The first-order valence-corrected chi connectivity index (χ1v) is 8.49. The van der Waals surface area contributed by atoms with Crippen molar-refractivity contribution in [2.45, 2.75) is 32.4 Å². The maximum atomic E-state index is 9.26. The Hall–Kier alpha value is -2.50. The van der Waals surface area contributed by atoms with E-state index in [0.29, 0.717) is 11.7 Å². The summed E-state index contributed by atoms with van der Waals surface area (Å²) >= 11 is 0. The van der Waals surface area contributed by atoms with Crippen LogP contribution in [0.1, 0.15) is 42.8 Å². The average molecular weight is 337 g/mol. The van der Waals surface area contributed by atoms with E-state index in [9.17, 15) is 5.11 Å². The van der Waals surface area contributed by atoms with Crippen LogP contribution < -0.4 is 5.32 Å². The van der Waals surface area contributed by atoms with E-state index in [1.807, 2.05) is 48.5 Å². The van der Waals surface area contributed by atoms with E-state index in [4.69, 9.17) is 4.52 Å². The molecule has 0 fully saturated rings. The fourth-order valence-corrected chi connectivity index (χ4v) is 2.66. The Morgan fingerprint density at radius 2 is 1.88 bits per heavy atom. The van der Waals surface area contributed by atoms with Crippen molar-refractivity contribution in [1.82, 2.24) is 15.5 Å². The Kier molecular flexibility index (Phi) is 5.58. The quantitative estimate of drug-likeness (QED) is 0.688. The second-order valence-electron chi connectivity index (χ2n) is 6.26. The molecule has 3 rings (SSSR count). The first kappa shape index (κ1) is 17.3. The minimum atomic E-state index is 0.0568. The summed E-state index contributed by atoms with van der Waals surface area (Å²) in [4.78, 5) is 4.51. The molecule has 2 unspecified atom stereocenters. The highest BCUT2D eigenvalue weighted by Gasteiger charge is 2.16. The zero-order valence-electron chi connectivity index (χ0n) is 14.5. The Morgan fingerprint density at radius 3 is 2.64 bits per heavy atom. The van der Waals surface area contributed by atoms with E-state index < -0.39 is 0 Å². The SMILES string of the molecule is CC(CNC(C)c1cccc(CO)c1)c1nc(-c2ccccc2)no1. The van der Waals surface area contributed by atoms with Crippen LogP contribution in [0, 0.1) is 0 Å². The summed E-state index contributed by atoms with van der Waals surface area (Å²) in [6.07, 6.45) is 0. The van der Waals surface area contributed by atoms with E-state index in [1.165, 1.54) is 0 Å². The van der Waals surface area contributed by atoms with E-state index in [0.717, 1.165) is 23.2 Å². The number of hydrogen-bond donors (Lipinski definition) is 2. The summed E-state index contributed by atoms with van der Waals surface area (Å²) in [5.74, 6) is 1.35. The molecule has 25 heavy (non-hydrogen) atoms. The highest BCUT2D eigenvalue weighted by molar-refractivity contribution is 5.53. The number of benzene rings is 2. The van der Waals surface area contributed by atoms with Gasteiger partial charge in [0.25, 0.3) is 0 Å². The summed E-state index contributed by atoms with van der Waals surface area (Å²) in [5, 5.41) is 16.8. The zero-order chi connectivity index (χ0) is 17.6. The van der Waals surface area contributed by atoms with Crippen molar-refractivity contribution in [3.05, 3.63) is 71.6 Å². The van der Waals surface area contributed by atoms with E-state index >= 15 is 0 Å². The van der Waals surface area contributed by atoms with Crippen LogP contribution in [-0.2, 0) is 6.61 Å². The molecule has 0 aliphatic rings. The number of aliphatic hydroxyl groups excluding tert-OH is 1. The van der Waals surface area contributed by atoms with E-state index in [2.05, 4.69) is 35.4 Å². The van der Waals surface area contributed by atoms with E-state index in [1.54, 1.807) is 0 Å². The van der Waals surface area contributed by atoms with Gasteiger partial charge in [0.2, 0.25) is 11.7 Å². The van der Waals surface area contributed by atoms with Gasteiger partial charge < -0.3 is 14.9 Å². The number of rotatable bonds is 7. The third kappa shape index (κ3) is 4.32. The van der Waals surface area contributed by atoms with Gasteiger partial charge in [-0.3, -0.25) is 0 Å². The lowest BCUT2D eigenvalue weighted by Gasteiger charge is -2.17. The smallest absolute Gasteiger partial charge is 0.231 e. The van der Waals surface area contributed by atoms with Gasteiger partial charge in [-0.15, -0.1) is 0 Å². The predicted molar refractivity (Wildman–Crippen MR) is 96.9 cm³/mol. The van der Waals surface area contributed by atoms with Crippen LogP contribution in [0.2, 0.25) is 0 Å². The van der Waals surface area contributed by atoms with Crippen molar-refractivity contribution in [3.8, 4) is 11.4 Å². The fraction of sp³-hybridized carbons (Fsp3) is 0.300. The Morgan fingerprint density at radius 1 is 1.08 bits per heavy atom. The van der Waals surface area contributed by atoms with Crippen molar-refractivity contribution in [1.29, 1.82) is 0 Å². The summed E-state index contributed by atoms with van der Waals surface area (Å²) in [7, 11) is 0. The minimum absolute atomic E-state index is 0.0568. The van der Waals surface area contributed by atoms with Crippen LogP contribution >= 0.6 is 0 Å². The molecule has 0 aliphatic carbocycles. The van der Waals surface area contributed by atoms with Gasteiger partial charge in [0.15, 0.2) is 0 Å². The number of aliphatic hydroxyl groups is 1. The molecule has 0 aliphatic heterocycles. The molecule has 0 radical (unpaired) electrons. The van der Waals surface area contributed by atoms with Crippen LogP contribution in [-0.4, -0.2) is 21.8 Å². The average Bonchev–Trinajstić information content (AvgIpc) is 3.17. The number of hydrogen-bond acceptors (Lipinski definition) is 5. The minimum Gasteiger partial charge on any atom is -0.392 e. The monoisotopic (exact) mass is 337 g/mol. The molecule has 5 heteroatoms. The third-order valence-corrected chi connectivity index (χ3v) is 4.26. The lowest BCUT2D eigenvalue weighted by molar-refractivity contribution is 0.281. The highest BCUT2D eigenvalue weighted by atomic mass is 16.5. The molecule has 3 aromatic rings. The normalized spacial score (nSPS) is 13.6.